The maximum Gasteiger partial charge on any atom is 0.225 e. The standard InChI is InChI=1S/C21H27N7O3S/c1-32(30,31)28-7-2-3-14(12-28)9-18-16(19-11-23-20-17(25-19)4-6-22-20)10-24-21(26-18)27-8-5-15(29)13-27/h4,6,10-11,14-15,29H,2-3,5,7-9,12-13H2,1H3,(H,22,23)/t14-,15-/m1/s1. The van der Waals surface area contributed by atoms with Crippen LogP contribution in [0.25, 0.3) is 22.4 Å². The van der Waals surface area contributed by atoms with Crippen LogP contribution in [0.4, 0.5) is 5.95 Å². The molecule has 2 atom stereocenters. The molecule has 3 aromatic rings. The third kappa shape index (κ3) is 4.32. The van der Waals surface area contributed by atoms with Gasteiger partial charge in [-0.05, 0) is 37.7 Å². The summed E-state index contributed by atoms with van der Waals surface area (Å²) in [4.78, 5) is 23.7. The normalized spacial score (nSPS) is 22.6. The van der Waals surface area contributed by atoms with Crippen molar-refractivity contribution in [3.63, 3.8) is 0 Å². The van der Waals surface area contributed by atoms with Gasteiger partial charge in [-0.15, -0.1) is 0 Å². The van der Waals surface area contributed by atoms with Crippen molar-refractivity contribution in [3.8, 4) is 11.3 Å². The van der Waals surface area contributed by atoms with E-state index >= 15 is 0 Å². The topological polar surface area (TPSA) is 128 Å². The molecule has 0 unspecified atom stereocenters. The minimum absolute atomic E-state index is 0.160. The largest absolute Gasteiger partial charge is 0.391 e. The lowest BCUT2D eigenvalue weighted by molar-refractivity contribution is 0.198. The number of aliphatic hydroxyl groups is 1. The van der Waals surface area contributed by atoms with E-state index in [0.717, 1.165) is 35.3 Å². The number of nitrogens with one attached hydrogen (secondary N) is 1. The first-order chi connectivity index (χ1) is 15.4. The molecule has 0 bridgehead atoms. The van der Waals surface area contributed by atoms with Crippen LogP contribution in [0, 0.1) is 5.92 Å². The van der Waals surface area contributed by atoms with E-state index in [-0.39, 0.29) is 12.0 Å². The van der Waals surface area contributed by atoms with Gasteiger partial charge in [0.2, 0.25) is 16.0 Å². The van der Waals surface area contributed by atoms with E-state index in [1.807, 2.05) is 11.0 Å². The predicted octanol–water partition coefficient (Wildman–Crippen LogP) is 1.20. The van der Waals surface area contributed by atoms with Crippen molar-refractivity contribution in [2.45, 2.75) is 31.8 Å². The number of nitrogens with zero attached hydrogens (tertiary/aromatic N) is 6. The van der Waals surface area contributed by atoms with Crippen LogP contribution in [0.5, 0.6) is 0 Å². The molecule has 170 valence electrons. The minimum Gasteiger partial charge on any atom is -0.391 e. The number of fused-ring (bicyclic) bond motifs is 1. The van der Waals surface area contributed by atoms with E-state index in [4.69, 9.17) is 9.97 Å². The summed E-state index contributed by atoms with van der Waals surface area (Å²) in [6, 6.07) is 1.87. The average molecular weight is 458 g/mol. The Kier molecular flexibility index (Phi) is 5.56. The number of piperidine rings is 1. The van der Waals surface area contributed by atoms with E-state index in [9.17, 15) is 13.5 Å². The SMILES string of the molecule is CS(=O)(=O)N1CCC[C@H](Cc2nc(N3CC[C@@H](O)C3)ncc2-c2cnc3[nH]ccc3n2)C1. The van der Waals surface area contributed by atoms with Crippen molar-refractivity contribution in [2.24, 2.45) is 5.92 Å². The number of β-amino-alcohol motifs (C(OH)–C–C–N with tert-alkyl or cyclic N) is 1. The van der Waals surface area contributed by atoms with Gasteiger partial charge in [0.25, 0.3) is 0 Å². The number of hydrogen-bond acceptors (Lipinski definition) is 8. The summed E-state index contributed by atoms with van der Waals surface area (Å²) in [6.07, 6.45) is 9.28. The second kappa shape index (κ2) is 8.38. The molecule has 5 heterocycles. The van der Waals surface area contributed by atoms with Gasteiger partial charge >= 0.3 is 0 Å². The van der Waals surface area contributed by atoms with Crippen LogP contribution in [0.2, 0.25) is 0 Å². The third-order valence-corrected chi connectivity index (χ3v) is 7.54. The summed E-state index contributed by atoms with van der Waals surface area (Å²) in [5, 5.41) is 9.93. The zero-order chi connectivity index (χ0) is 22.3. The Morgan fingerprint density at radius 1 is 1.16 bits per heavy atom. The molecular weight excluding hydrogens is 430 g/mol. The zero-order valence-electron chi connectivity index (χ0n) is 18.0. The lowest BCUT2D eigenvalue weighted by Gasteiger charge is -2.31. The highest BCUT2D eigenvalue weighted by atomic mass is 32.2. The van der Waals surface area contributed by atoms with Gasteiger partial charge in [-0.3, -0.25) is 0 Å². The number of aromatic nitrogens is 5. The van der Waals surface area contributed by atoms with Crippen LogP contribution in [0.15, 0.2) is 24.7 Å². The molecule has 2 N–H and O–H groups in total. The molecule has 0 radical (unpaired) electrons. The molecule has 2 fully saturated rings. The highest BCUT2D eigenvalue weighted by Gasteiger charge is 2.28. The Labute approximate surface area is 186 Å². The number of hydrogen-bond donors (Lipinski definition) is 2. The van der Waals surface area contributed by atoms with Gasteiger partial charge in [0.05, 0.1) is 29.9 Å². The summed E-state index contributed by atoms with van der Waals surface area (Å²) in [7, 11) is -3.22. The Bertz CT molecular complexity index is 1230. The summed E-state index contributed by atoms with van der Waals surface area (Å²) in [6.45, 7) is 2.28. The molecule has 0 amide bonds. The van der Waals surface area contributed by atoms with Gasteiger partial charge in [-0.25, -0.2) is 32.7 Å². The van der Waals surface area contributed by atoms with Crippen LogP contribution in [-0.4, -0.2) is 81.3 Å². The molecule has 5 rings (SSSR count). The second-order valence-electron chi connectivity index (χ2n) is 8.72. The molecule has 0 spiro atoms. The molecule has 0 saturated carbocycles. The second-order valence-corrected chi connectivity index (χ2v) is 10.7. The average Bonchev–Trinajstić information content (AvgIpc) is 3.41. The first kappa shape index (κ1) is 21.2. The zero-order valence-corrected chi connectivity index (χ0v) is 18.8. The van der Waals surface area contributed by atoms with Crippen molar-refractivity contribution < 1.29 is 13.5 Å². The molecule has 2 aliphatic rings. The molecular formula is C21H27N7O3S. The fraction of sp³-hybridized carbons (Fsp3) is 0.524. The lowest BCUT2D eigenvalue weighted by Crippen LogP contribution is -2.40. The van der Waals surface area contributed by atoms with Crippen molar-refractivity contribution in [2.75, 3.05) is 37.3 Å². The van der Waals surface area contributed by atoms with Gasteiger partial charge in [0, 0.05) is 44.1 Å². The van der Waals surface area contributed by atoms with E-state index in [0.29, 0.717) is 50.7 Å². The highest BCUT2D eigenvalue weighted by molar-refractivity contribution is 7.88. The fourth-order valence-electron chi connectivity index (χ4n) is 4.58. The number of anilines is 1. The van der Waals surface area contributed by atoms with E-state index in [1.54, 1.807) is 22.9 Å². The molecule has 11 heteroatoms. The molecule has 32 heavy (non-hydrogen) atoms. The highest BCUT2D eigenvalue weighted by Crippen LogP contribution is 2.29. The van der Waals surface area contributed by atoms with Gasteiger partial charge in [-0.2, -0.15) is 0 Å². The number of aromatic amines is 1. The Hall–Kier alpha value is -2.63. The fourth-order valence-corrected chi connectivity index (χ4v) is 5.52. The quantitative estimate of drug-likeness (QED) is 0.585. The van der Waals surface area contributed by atoms with Gasteiger partial charge < -0.3 is 15.0 Å². The summed E-state index contributed by atoms with van der Waals surface area (Å²) in [5.74, 6) is 0.750. The smallest absolute Gasteiger partial charge is 0.225 e. The molecule has 0 aliphatic carbocycles. The van der Waals surface area contributed by atoms with E-state index < -0.39 is 10.0 Å². The first-order valence-corrected chi connectivity index (χ1v) is 12.8. The summed E-state index contributed by atoms with van der Waals surface area (Å²) < 4.78 is 25.7. The van der Waals surface area contributed by atoms with E-state index in [1.165, 1.54) is 6.26 Å². The molecule has 10 nitrogen and oxygen atoms in total. The maximum absolute atomic E-state index is 12.1. The Balaban J connectivity index is 1.50. The number of H-pyrrole nitrogens is 1. The molecule has 2 aliphatic heterocycles. The van der Waals surface area contributed by atoms with Gasteiger partial charge in [0.1, 0.15) is 5.52 Å². The number of aliphatic hydroxyl groups excluding tert-OH is 1. The minimum atomic E-state index is -3.22. The van der Waals surface area contributed by atoms with Crippen LogP contribution >= 0.6 is 0 Å². The van der Waals surface area contributed by atoms with Crippen molar-refractivity contribution >= 4 is 27.1 Å². The van der Waals surface area contributed by atoms with E-state index in [2.05, 4.69) is 15.0 Å². The Morgan fingerprint density at radius 2 is 2.03 bits per heavy atom. The molecule has 2 saturated heterocycles. The van der Waals surface area contributed by atoms with Gasteiger partial charge in [0.15, 0.2) is 5.65 Å². The van der Waals surface area contributed by atoms with Crippen molar-refractivity contribution in [1.82, 2.24) is 29.2 Å². The van der Waals surface area contributed by atoms with Crippen molar-refractivity contribution in [1.29, 1.82) is 0 Å². The molecule has 3 aromatic heterocycles. The van der Waals surface area contributed by atoms with Crippen LogP contribution < -0.4 is 4.90 Å². The monoisotopic (exact) mass is 457 g/mol. The van der Waals surface area contributed by atoms with Gasteiger partial charge in [-0.1, -0.05) is 0 Å². The van der Waals surface area contributed by atoms with Crippen LogP contribution in [0.1, 0.15) is 25.0 Å². The Morgan fingerprint density at radius 3 is 2.81 bits per heavy atom. The first-order valence-electron chi connectivity index (χ1n) is 10.9. The third-order valence-electron chi connectivity index (χ3n) is 6.27. The van der Waals surface area contributed by atoms with Crippen LogP contribution in [0.3, 0.4) is 0 Å². The lowest BCUT2D eigenvalue weighted by atomic mass is 9.92. The van der Waals surface area contributed by atoms with Crippen molar-refractivity contribution in [3.05, 3.63) is 30.4 Å². The molecule has 0 aromatic carbocycles. The summed E-state index contributed by atoms with van der Waals surface area (Å²) in [5.41, 5.74) is 3.81. The summed E-state index contributed by atoms with van der Waals surface area (Å²) >= 11 is 0. The maximum atomic E-state index is 12.1. The predicted molar refractivity (Wildman–Crippen MR) is 121 cm³/mol. The number of rotatable bonds is 5. The number of sulfonamides is 1. The van der Waals surface area contributed by atoms with Crippen LogP contribution in [-0.2, 0) is 16.4 Å².